The zero-order valence-electron chi connectivity index (χ0n) is 14.4. The van der Waals surface area contributed by atoms with Crippen molar-refractivity contribution in [3.8, 4) is 0 Å². The van der Waals surface area contributed by atoms with Crippen LogP contribution in [0.15, 0.2) is 18.2 Å². The molecule has 0 aromatic heterocycles. The summed E-state index contributed by atoms with van der Waals surface area (Å²) in [4.78, 5) is 25.6. The van der Waals surface area contributed by atoms with Crippen LogP contribution in [0.3, 0.4) is 0 Å². The van der Waals surface area contributed by atoms with E-state index in [9.17, 15) is 9.59 Å². The Hall–Kier alpha value is -1.30. The quantitative estimate of drug-likeness (QED) is 0.783. The molecule has 0 radical (unpaired) electrons. The molecular weight excluding hydrogens is 363 g/mol. The van der Waals surface area contributed by atoms with Crippen LogP contribution in [0.1, 0.15) is 25.3 Å². The van der Waals surface area contributed by atoms with E-state index < -0.39 is 0 Å². The highest BCUT2D eigenvalue weighted by Gasteiger charge is 2.21. The van der Waals surface area contributed by atoms with E-state index in [-0.39, 0.29) is 17.7 Å². The second-order valence-electron chi connectivity index (χ2n) is 6.17. The van der Waals surface area contributed by atoms with E-state index in [1.807, 2.05) is 6.07 Å². The fourth-order valence-electron chi connectivity index (χ4n) is 2.82. The van der Waals surface area contributed by atoms with Gasteiger partial charge in [0.05, 0.1) is 0 Å². The minimum atomic E-state index is -0.0228. The van der Waals surface area contributed by atoms with Crippen LogP contribution in [-0.2, 0) is 20.7 Å². The number of carbonyl (C=O) groups excluding carboxylic acids is 2. The summed E-state index contributed by atoms with van der Waals surface area (Å²) < 4.78 is 5.26. The fourth-order valence-corrected chi connectivity index (χ4v) is 3.33. The monoisotopic (exact) mass is 386 g/mol. The third-order valence-electron chi connectivity index (χ3n) is 4.38. The molecule has 1 aromatic carbocycles. The van der Waals surface area contributed by atoms with Crippen molar-refractivity contribution in [3.05, 3.63) is 33.8 Å². The smallest absolute Gasteiger partial charge is 0.223 e. The van der Waals surface area contributed by atoms with Gasteiger partial charge in [0.25, 0.3) is 0 Å². The lowest BCUT2D eigenvalue weighted by atomic mass is 9.99. The minimum absolute atomic E-state index is 0.0207. The highest BCUT2D eigenvalue weighted by Crippen LogP contribution is 2.21. The zero-order chi connectivity index (χ0) is 18.2. The predicted molar refractivity (Wildman–Crippen MR) is 99.0 cm³/mol. The molecule has 1 saturated heterocycles. The summed E-state index contributed by atoms with van der Waals surface area (Å²) in [5, 5.41) is 4.11. The molecule has 1 aromatic rings. The molecular formula is C18H24Cl2N2O3. The number of nitrogens with zero attached hydrogens (tertiary/aromatic N) is 1. The third kappa shape index (κ3) is 6.49. The molecule has 0 bridgehead atoms. The van der Waals surface area contributed by atoms with Crippen molar-refractivity contribution in [2.45, 2.75) is 26.2 Å². The van der Waals surface area contributed by atoms with Crippen LogP contribution >= 0.6 is 23.2 Å². The molecule has 138 valence electrons. The molecule has 0 aliphatic carbocycles. The first-order valence-electron chi connectivity index (χ1n) is 8.52. The van der Waals surface area contributed by atoms with Crippen molar-refractivity contribution in [3.63, 3.8) is 0 Å². The van der Waals surface area contributed by atoms with Crippen LogP contribution < -0.4 is 5.32 Å². The average Bonchev–Trinajstić information content (AvgIpc) is 2.59. The van der Waals surface area contributed by atoms with E-state index in [0.717, 1.165) is 18.4 Å². The lowest BCUT2D eigenvalue weighted by molar-refractivity contribution is -0.131. The molecule has 1 N–H and O–H groups in total. The van der Waals surface area contributed by atoms with E-state index in [0.29, 0.717) is 49.3 Å². The van der Waals surface area contributed by atoms with Gasteiger partial charge in [0.15, 0.2) is 0 Å². The largest absolute Gasteiger partial charge is 0.381 e. The molecule has 1 fully saturated rings. The van der Waals surface area contributed by atoms with E-state index >= 15 is 0 Å². The zero-order valence-corrected chi connectivity index (χ0v) is 15.9. The van der Waals surface area contributed by atoms with E-state index in [1.165, 1.54) is 6.92 Å². The summed E-state index contributed by atoms with van der Waals surface area (Å²) >= 11 is 12.1. The molecule has 1 aliphatic heterocycles. The Kier molecular flexibility index (Phi) is 8.00. The Morgan fingerprint density at radius 2 is 1.96 bits per heavy atom. The van der Waals surface area contributed by atoms with Crippen molar-refractivity contribution < 1.29 is 14.3 Å². The number of hydrogen-bond donors (Lipinski definition) is 1. The lowest BCUT2D eigenvalue weighted by Gasteiger charge is -2.24. The fraction of sp³-hybridized carbons (Fsp3) is 0.556. The topological polar surface area (TPSA) is 58.6 Å². The Bertz CT molecular complexity index is 604. The van der Waals surface area contributed by atoms with Crippen LogP contribution in [0.5, 0.6) is 0 Å². The van der Waals surface area contributed by atoms with Crippen molar-refractivity contribution >= 4 is 35.0 Å². The van der Waals surface area contributed by atoms with Gasteiger partial charge >= 0.3 is 0 Å². The van der Waals surface area contributed by atoms with Gasteiger partial charge in [-0.2, -0.15) is 0 Å². The van der Waals surface area contributed by atoms with Gasteiger partial charge in [0, 0.05) is 55.7 Å². The molecule has 0 atom stereocenters. The van der Waals surface area contributed by atoms with Crippen LogP contribution in [-0.4, -0.2) is 49.6 Å². The number of amides is 2. The Morgan fingerprint density at radius 1 is 1.24 bits per heavy atom. The van der Waals surface area contributed by atoms with Crippen molar-refractivity contribution in [2.75, 3.05) is 32.8 Å². The Balaban J connectivity index is 1.78. The number of nitrogens with one attached hydrogen (secondary N) is 1. The molecule has 7 heteroatoms. The normalized spacial score (nSPS) is 15.0. The summed E-state index contributed by atoms with van der Waals surface area (Å²) in [6.45, 7) is 4.28. The standard InChI is InChI=1S/C18H24Cl2N2O3/c1-13(23)22(8-4-14-2-3-16(19)12-17(14)20)9-7-21-18(24)15-5-10-25-11-6-15/h2-3,12,15H,4-11H2,1H3,(H,21,24). The second kappa shape index (κ2) is 10.00. The van der Waals surface area contributed by atoms with Gasteiger partial charge in [0.2, 0.25) is 11.8 Å². The van der Waals surface area contributed by atoms with Crippen molar-refractivity contribution in [2.24, 2.45) is 5.92 Å². The summed E-state index contributed by atoms with van der Waals surface area (Å²) in [5.41, 5.74) is 0.948. The molecule has 0 spiro atoms. The molecule has 0 saturated carbocycles. The van der Waals surface area contributed by atoms with E-state index in [1.54, 1.807) is 17.0 Å². The van der Waals surface area contributed by atoms with Gasteiger partial charge in [-0.25, -0.2) is 0 Å². The Morgan fingerprint density at radius 3 is 2.60 bits per heavy atom. The van der Waals surface area contributed by atoms with Crippen LogP contribution in [0.25, 0.3) is 0 Å². The molecule has 1 aliphatic rings. The Labute approximate surface area is 158 Å². The molecule has 0 unspecified atom stereocenters. The van der Waals surface area contributed by atoms with Gasteiger partial charge < -0.3 is 15.0 Å². The average molecular weight is 387 g/mol. The van der Waals surface area contributed by atoms with Crippen LogP contribution in [0, 0.1) is 5.92 Å². The maximum Gasteiger partial charge on any atom is 0.223 e. The van der Waals surface area contributed by atoms with Gasteiger partial charge in [-0.15, -0.1) is 0 Å². The number of rotatable bonds is 7. The third-order valence-corrected chi connectivity index (χ3v) is 4.97. The molecule has 2 amide bonds. The summed E-state index contributed by atoms with van der Waals surface area (Å²) in [5.74, 6) is 0.0466. The first-order chi connectivity index (χ1) is 12.0. The summed E-state index contributed by atoms with van der Waals surface area (Å²) in [7, 11) is 0. The highest BCUT2D eigenvalue weighted by molar-refractivity contribution is 6.35. The maximum absolute atomic E-state index is 12.1. The lowest BCUT2D eigenvalue weighted by Crippen LogP contribution is -2.41. The second-order valence-corrected chi connectivity index (χ2v) is 7.01. The van der Waals surface area contributed by atoms with Gasteiger partial charge in [-0.3, -0.25) is 9.59 Å². The SMILES string of the molecule is CC(=O)N(CCNC(=O)C1CCOCC1)CCc1ccc(Cl)cc1Cl. The maximum atomic E-state index is 12.1. The number of carbonyl (C=O) groups is 2. The molecule has 25 heavy (non-hydrogen) atoms. The summed E-state index contributed by atoms with van der Waals surface area (Å²) in [6, 6.07) is 5.36. The molecule has 5 nitrogen and oxygen atoms in total. The van der Waals surface area contributed by atoms with E-state index in [2.05, 4.69) is 5.32 Å². The first kappa shape index (κ1) is 20.0. The molecule has 2 rings (SSSR count). The van der Waals surface area contributed by atoms with Crippen molar-refractivity contribution in [1.82, 2.24) is 10.2 Å². The molecule has 1 heterocycles. The van der Waals surface area contributed by atoms with E-state index in [4.69, 9.17) is 27.9 Å². The van der Waals surface area contributed by atoms with Gasteiger partial charge in [-0.1, -0.05) is 29.3 Å². The first-order valence-corrected chi connectivity index (χ1v) is 9.28. The van der Waals surface area contributed by atoms with Crippen LogP contribution in [0.2, 0.25) is 10.0 Å². The van der Waals surface area contributed by atoms with Gasteiger partial charge in [0.1, 0.15) is 0 Å². The number of benzene rings is 1. The van der Waals surface area contributed by atoms with Gasteiger partial charge in [-0.05, 0) is 37.0 Å². The van der Waals surface area contributed by atoms with Crippen LogP contribution in [0.4, 0.5) is 0 Å². The number of halogens is 2. The minimum Gasteiger partial charge on any atom is -0.381 e. The van der Waals surface area contributed by atoms with Crippen molar-refractivity contribution in [1.29, 1.82) is 0 Å². The number of ether oxygens (including phenoxy) is 1. The number of hydrogen-bond acceptors (Lipinski definition) is 3. The highest BCUT2D eigenvalue weighted by atomic mass is 35.5. The predicted octanol–water partition coefficient (Wildman–Crippen LogP) is 2.93. The summed E-state index contributed by atoms with van der Waals surface area (Å²) in [6.07, 6.45) is 2.16.